The van der Waals surface area contributed by atoms with Gasteiger partial charge in [0.25, 0.3) is 0 Å². The first kappa shape index (κ1) is 13.2. The maximum atomic E-state index is 10.9. The van der Waals surface area contributed by atoms with E-state index in [-0.39, 0.29) is 5.76 Å². The highest BCUT2D eigenvalue weighted by atomic mass is 16.4. The summed E-state index contributed by atoms with van der Waals surface area (Å²) in [4.78, 5) is 10.9. The lowest BCUT2D eigenvalue weighted by Gasteiger charge is -2.06. The molecule has 0 amide bonds. The van der Waals surface area contributed by atoms with E-state index < -0.39 is 5.97 Å². The first-order chi connectivity index (χ1) is 9.45. The monoisotopic (exact) mass is 273 g/mol. The van der Waals surface area contributed by atoms with E-state index in [4.69, 9.17) is 9.52 Å². The number of rotatable bonds is 5. The van der Waals surface area contributed by atoms with Gasteiger partial charge >= 0.3 is 5.97 Å². The first-order valence-electron chi connectivity index (χ1n) is 6.92. The second-order valence-electron chi connectivity index (χ2n) is 6.31. The van der Waals surface area contributed by atoms with Crippen molar-refractivity contribution in [2.75, 3.05) is 6.54 Å². The molecule has 2 N–H and O–H groups in total. The predicted octanol–water partition coefficient (Wildman–Crippen LogP) is 3.27. The van der Waals surface area contributed by atoms with E-state index in [1.807, 2.05) is 18.2 Å². The number of furan rings is 1. The van der Waals surface area contributed by atoms with Crippen LogP contribution in [0.4, 0.5) is 0 Å². The summed E-state index contributed by atoms with van der Waals surface area (Å²) in [5.74, 6) is -0.263. The molecule has 1 aliphatic rings. The zero-order chi connectivity index (χ0) is 14.3. The van der Waals surface area contributed by atoms with Gasteiger partial charge in [0.1, 0.15) is 5.58 Å². The fourth-order valence-corrected chi connectivity index (χ4v) is 2.62. The van der Waals surface area contributed by atoms with E-state index in [1.54, 1.807) is 6.07 Å². The largest absolute Gasteiger partial charge is 0.475 e. The molecule has 1 fully saturated rings. The normalized spacial score (nSPS) is 20.2. The fraction of sp³-hybridized carbons (Fsp3) is 0.438. The van der Waals surface area contributed by atoms with Crippen LogP contribution in [0.1, 0.15) is 36.4 Å². The lowest BCUT2D eigenvalue weighted by atomic mass is 10.1. The zero-order valence-corrected chi connectivity index (χ0v) is 11.8. The number of benzene rings is 1. The van der Waals surface area contributed by atoms with Crippen LogP contribution in [0.2, 0.25) is 0 Å². The van der Waals surface area contributed by atoms with Gasteiger partial charge in [-0.3, -0.25) is 0 Å². The minimum atomic E-state index is -1.03. The number of nitrogens with one attached hydrogen (secondary N) is 1. The van der Waals surface area contributed by atoms with Crippen molar-refractivity contribution in [2.24, 2.45) is 11.3 Å². The molecule has 20 heavy (non-hydrogen) atoms. The topological polar surface area (TPSA) is 62.5 Å². The third kappa shape index (κ3) is 2.56. The van der Waals surface area contributed by atoms with Gasteiger partial charge in [0, 0.05) is 11.9 Å². The number of carboxylic acid groups (broad SMARTS) is 1. The summed E-state index contributed by atoms with van der Waals surface area (Å²) in [6.45, 7) is 6.43. The van der Waals surface area contributed by atoms with Crippen molar-refractivity contribution in [3.8, 4) is 0 Å². The number of hydrogen-bond donors (Lipinski definition) is 2. The van der Waals surface area contributed by atoms with Crippen LogP contribution in [0.3, 0.4) is 0 Å². The zero-order valence-electron chi connectivity index (χ0n) is 11.8. The summed E-state index contributed by atoms with van der Waals surface area (Å²) >= 11 is 0. The van der Waals surface area contributed by atoms with Gasteiger partial charge in [0.2, 0.25) is 5.76 Å². The molecular formula is C16H19NO3. The van der Waals surface area contributed by atoms with Crippen molar-refractivity contribution in [1.82, 2.24) is 5.32 Å². The van der Waals surface area contributed by atoms with Crippen LogP contribution >= 0.6 is 0 Å². The molecule has 1 aromatic heterocycles. The number of fused-ring (bicyclic) bond motifs is 1. The summed E-state index contributed by atoms with van der Waals surface area (Å²) < 4.78 is 5.24. The van der Waals surface area contributed by atoms with E-state index in [1.165, 1.54) is 6.42 Å². The molecule has 4 heteroatoms. The maximum Gasteiger partial charge on any atom is 0.371 e. The molecule has 2 aromatic rings. The van der Waals surface area contributed by atoms with Gasteiger partial charge in [-0.1, -0.05) is 19.9 Å². The highest BCUT2D eigenvalue weighted by Crippen LogP contribution is 2.50. The Hall–Kier alpha value is -1.81. The molecule has 3 rings (SSSR count). The van der Waals surface area contributed by atoms with Crippen molar-refractivity contribution in [2.45, 2.75) is 26.8 Å². The van der Waals surface area contributed by atoms with Crippen molar-refractivity contribution in [3.05, 3.63) is 35.6 Å². The smallest absolute Gasteiger partial charge is 0.371 e. The molecule has 1 heterocycles. The quantitative estimate of drug-likeness (QED) is 0.877. The van der Waals surface area contributed by atoms with Crippen molar-refractivity contribution in [3.63, 3.8) is 0 Å². The van der Waals surface area contributed by atoms with Gasteiger partial charge in [0.15, 0.2) is 0 Å². The molecule has 0 spiro atoms. The highest BCUT2D eigenvalue weighted by Gasteiger charge is 2.44. The molecule has 1 unspecified atom stereocenters. The average molecular weight is 273 g/mol. The minimum Gasteiger partial charge on any atom is -0.475 e. The van der Waals surface area contributed by atoms with E-state index in [2.05, 4.69) is 19.2 Å². The Bertz CT molecular complexity index is 657. The SMILES string of the molecule is CC1(C)CC1CNCc1ccc2oc(C(=O)O)cc2c1. The van der Waals surface area contributed by atoms with Crippen LogP contribution in [0.15, 0.2) is 28.7 Å². The van der Waals surface area contributed by atoms with E-state index in [0.29, 0.717) is 11.0 Å². The van der Waals surface area contributed by atoms with Gasteiger partial charge < -0.3 is 14.8 Å². The van der Waals surface area contributed by atoms with Crippen LogP contribution in [0.25, 0.3) is 11.0 Å². The molecule has 1 aromatic carbocycles. The molecule has 0 saturated heterocycles. The van der Waals surface area contributed by atoms with Crippen molar-refractivity contribution in [1.29, 1.82) is 0 Å². The Kier molecular flexibility index (Phi) is 3.05. The Labute approximate surface area is 117 Å². The van der Waals surface area contributed by atoms with Crippen LogP contribution in [-0.4, -0.2) is 17.6 Å². The van der Waals surface area contributed by atoms with Crippen molar-refractivity contribution >= 4 is 16.9 Å². The molecule has 0 radical (unpaired) electrons. The summed E-state index contributed by atoms with van der Waals surface area (Å²) in [5.41, 5.74) is 2.26. The third-order valence-corrected chi connectivity index (χ3v) is 4.23. The van der Waals surface area contributed by atoms with Gasteiger partial charge in [0.05, 0.1) is 0 Å². The molecule has 4 nitrogen and oxygen atoms in total. The third-order valence-electron chi connectivity index (χ3n) is 4.23. The number of hydrogen-bond acceptors (Lipinski definition) is 3. The first-order valence-corrected chi connectivity index (χ1v) is 6.92. The summed E-state index contributed by atoms with van der Waals surface area (Å²) in [5, 5.41) is 13.2. The summed E-state index contributed by atoms with van der Waals surface area (Å²) in [6, 6.07) is 7.36. The van der Waals surface area contributed by atoms with Crippen LogP contribution in [0, 0.1) is 11.3 Å². The lowest BCUT2D eigenvalue weighted by molar-refractivity contribution is 0.0665. The molecule has 0 aliphatic heterocycles. The number of carboxylic acids is 1. The van der Waals surface area contributed by atoms with E-state index >= 15 is 0 Å². The Morgan fingerprint density at radius 3 is 2.85 bits per heavy atom. The summed E-state index contributed by atoms with van der Waals surface area (Å²) in [6.07, 6.45) is 1.29. The molecule has 106 valence electrons. The Morgan fingerprint density at radius 2 is 2.20 bits per heavy atom. The predicted molar refractivity (Wildman–Crippen MR) is 76.8 cm³/mol. The molecule has 1 aliphatic carbocycles. The van der Waals surface area contributed by atoms with Crippen molar-refractivity contribution < 1.29 is 14.3 Å². The second kappa shape index (κ2) is 4.63. The van der Waals surface area contributed by atoms with Crippen LogP contribution < -0.4 is 5.32 Å². The van der Waals surface area contributed by atoms with Crippen LogP contribution in [0.5, 0.6) is 0 Å². The molecule has 1 saturated carbocycles. The van der Waals surface area contributed by atoms with Gasteiger partial charge in [-0.2, -0.15) is 0 Å². The number of aromatic carboxylic acids is 1. The lowest BCUT2D eigenvalue weighted by Crippen LogP contribution is -2.17. The van der Waals surface area contributed by atoms with Crippen LogP contribution in [-0.2, 0) is 6.54 Å². The number of carbonyl (C=O) groups is 1. The van der Waals surface area contributed by atoms with Gasteiger partial charge in [-0.05, 0) is 48.1 Å². The average Bonchev–Trinajstić information content (AvgIpc) is 2.83. The highest BCUT2D eigenvalue weighted by molar-refractivity contribution is 5.91. The van der Waals surface area contributed by atoms with Gasteiger partial charge in [-0.25, -0.2) is 4.79 Å². The standard InChI is InChI=1S/C16H19NO3/c1-16(2)7-12(16)9-17-8-10-3-4-13-11(5-10)6-14(20-13)15(18)19/h3-6,12,17H,7-9H2,1-2H3,(H,18,19). The maximum absolute atomic E-state index is 10.9. The molecular weight excluding hydrogens is 254 g/mol. The molecule has 0 bridgehead atoms. The minimum absolute atomic E-state index is 0.00941. The van der Waals surface area contributed by atoms with Gasteiger partial charge in [-0.15, -0.1) is 0 Å². The Morgan fingerprint density at radius 1 is 1.45 bits per heavy atom. The van der Waals surface area contributed by atoms with E-state index in [9.17, 15) is 4.79 Å². The molecule has 1 atom stereocenters. The van der Waals surface area contributed by atoms with E-state index in [0.717, 1.165) is 30.0 Å². The Balaban J connectivity index is 1.65. The second-order valence-corrected chi connectivity index (χ2v) is 6.31. The summed E-state index contributed by atoms with van der Waals surface area (Å²) in [7, 11) is 0. The fourth-order valence-electron chi connectivity index (χ4n) is 2.62.